The summed E-state index contributed by atoms with van der Waals surface area (Å²) in [6.45, 7) is 3.32. The van der Waals surface area contributed by atoms with Gasteiger partial charge in [0.25, 0.3) is 0 Å². The van der Waals surface area contributed by atoms with Crippen molar-refractivity contribution >= 4 is 17.3 Å². The molecule has 0 atom stereocenters. The molecule has 120 valence electrons. The minimum atomic E-state index is -0.783. The number of rotatable bonds is 5. The standard InChI is InChI=1S/C16H17N3O4/c1-3-12-6-4-5-7-13(12)17-15(20)10-18-11(2)8-9-14(16(18)21)19(22)23/h4-9H,3,10H2,1-2H3,(H,17,20). The van der Waals surface area contributed by atoms with Crippen LogP contribution in [-0.2, 0) is 17.8 Å². The van der Waals surface area contributed by atoms with Crippen molar-refractivity contribution in [2.45, 2.75) is 26.8 Å². The number of anilines is 1. The molecule has 0 saturated heterocycles. The Labute approximate surface area is 132 Å². The molecular weight excluding hydrogens is 298 g/mol. The molecule has 0 aliphatic rings. The van der Waals surface area contributed by atoms with Crippen molar-refractivity contribution in [3.8, 4) is 0 Å². The van der Waals surface area contributed by atoms with E-state index < -0.39 is 22.1 Å². The number of nitrogens with zero attached hydrogens (tertiary/aromatic N) is 2. The largest absolute Gasteiger partial charge is 0.334 e. The maximum absolute atomic E-state index is 12.2. The van der Waals surface area contributed by atoms with Crippen LogP contribution in [0.4, 0.5) is 11.4 Å². The van der Waals surface area contributed by atoms with Crippen molar-refractivity contribution in [2.75, 3.05) is 5.32 Å². The van der Waals surface area contributed by atoms with E-state index >= 15 is 0 Å². The number of pyridine rings is 1. The molecule has 2 rings (SSSR count). The van der Waals surface area contributed by atoms with Crippen LogP contribution in [0.3, 0.4) is 0 Å². The van der Waals surface area contributed by atoms with E-state index in [0.29, 0.717) is 11.4 Å². The third-order valence-electron chi connectivity index (χ3n) is 3.54. The Morgan fingerprint density at radius 3 is 2.61 bits per heavy atom. The summed E-state index contributed by atoms with van der Waals surface area (Å²) in [5, 5.41) is 13.6. The quantitative estimate of drug-likeness (QED) is 0.676. The molecule has 0 bridgehead atoms. The molecule has 0 spiro atoms. The normalized spacial score (nSPS) is 10.3. The summed E-state index contributed by atoms with van der Waals surface area (Å²) >= 11 is 0. The zero-order chi connectivity index (χ0) is 17.0. The van der Waals surface area contributed by atoms with Gasteiger partial charge in [-0.1, -0.05) is 25.1 Å². The third-order valence-corrected chi connectivity index (χ3v) is 3.54. The van der Waals surface area contributed by atoms with Crippen molar-refractivity contribution in [2.24, 2.45) is 0 Å². The number of nitrogens with one attached hydrogen (secondary N) is 1. The van der Waals surface area contributed by atoms with Crippen molar-refractivity contribution < 1.29 is 9.72 Å². The summed E-state index contributed by atoms with van der Waals surface area (Å²) in [6, 6.07) is 9.97. The smallest absolute Gasteiger partial charge is 0.324 e. The molecule has 0 aliphatic heterocycles. The molecular formula is C16H17N3O4. The van der Waals surface area contributed by atoms with Crippen LogP contribution in [0.15, 0.2) is 41.2 Å². The van der Waals surface area contributed by atoms with Crippen LogP contribution in [0.5, 0.6) is 0 Å². The minimum absolute atomic E-state index is 0.273. The monoisotopic (exact) mass is 315 g/mol. The van der Waals surface area contributed by atoms with E-state index in [-0.39, 0.29) is 6.54 Å². The summed E-state index contributed by atoms with van der Waals surface area (Å²) in [7, 11) is 0. The van der Waals surface area contributed by atoms with Crippen LogP contribution in [-0.4, -0.2) is 15.4 Å². The molecule has 2 aromatic rings. The Morgan fingerprint density at radius 1 is 1.26 bits per heavy atom. The maximum atomic E-state index is 12.2. The SMILES string of the molecule is CCc1ccccc1NC(=O)Cn1c(C)ccc([N+](=O)[O-])c1=O. The topological polar surface area (TPSA) is 94.2 Å². The van der Waals surface area contributed by atoms with E-state index in [2.05, 4.69) is 5.32 Å². The Morgan fingerprint density at radius 2 is 1.96 bits per heavy atom. The van der Waals surface area contributed by atoms with Gasteiger partial charge < -0.3 is 5.32 Å². The van der Waals surface area contributed by atoms with Gasteiger partial charge in [-0.2, -0.15) is 0 Å². The molecule has 7 heteroatoms. The van der Waals surface area contributed by atoms with Crippen LogP contribution >= 0.6 is 0 Å². The molecule has 1 heterocycles. The van der Waals surface area contributed by atoms with E-state index in [9.17, 15) is 19.7 Å². The van der Waals surface area contributed by atoms with E-state index in [4.69, 9.17) is 0 Å². The zero-order valence-electron chi connectivity index (χ0n) is 12.9. The Hall–Kier alpha value is -2.96. The predicted molar refractivity (Wildman–Crippen MR) is 86.5 cm³/mol. The van der Waals surface area contributed by atoms with Crippen molar-refractivity contribution in [1.82, 2.24) is 4.57 Å². The molecule has 0 fully saturated rings. The van der Waals surface area contributed by atoms with Gasteiger partial charge >= 0.3 is 11.2 Å². The van der Waals surface area contributed by atoms with Gasteiger partial charge in [0.15, 0.2) is 0 Å². The fourth-order valence-corrected chi connectivity index (χ4v) is 2.28. The van der Waals surface area contributed by atoms with Crippen molar-refractivity contribution in [3.63, 3.8) is 0 Å². The Balaban J connectivity index is 2.26. The van der Waals surface area contributed by atoms with Crippen LogP contribution in [0, 0.1) is 17.0 Å². The van der Waals surface area contributed by atoms with Gasteiger partial charge in [-0.15, -0.1) is 0 Å². The zero-order valence-corrected chi connectivity index (χ0v) is 12.9. The van der Waals surface area contributed by atoms with Gasteiger partial charge in [0, 0.05) is 17.4 Å². The molecule has 0 unspecified atom stereocenters. The number of carbonyl (C=O) groups excluding carboxylic acids is 1. The molecule has 1 aromatic heterocycles. The van der Waals surface area contributed by atoms with Crippen molar-refractivity contribution in [1.29, 1.82) is 0 Å². The number of hydrogen-bond donors (Lipinski definition) is 1. The fourth-order valence-electron chi connectivity index (χ4n) is 2.28. The molecule has 23 heavy (non-hydrogen) atoms. The number of aromatic nitrogens is 1. The fraction of sp³-hybridized carbons (Fsp3) is 0.250. The van der Waals surface area contributed by atoms with Gasteiger partial charge in [0.05, 0.1) is 4.92 Å². The molecule has 0 aliphatic carbocycles. The van der Waals surface area contributed by atoms with Gasteiger partial charge in [0.2, 0.25) is 5.91 Å². The summed E-state index contributed by atoms with van der Waals surface area (Å²) in [5.74, 6) is -0.406. The summed E-state index contributed by atoms with van der Waals surface area (Å²) < 4.78 is 1.10. The first-order valence-corrected chi connectivity index (χ1v) is 7.16. The third kappa shape index (κ3) is 3.63. The van der Waals surface area contributed by atoms with Crippen LogP contribution in [0.2, 0.25) is 0 Å². The van der Waals surface area contributed by atoms with Gasteiger partial charge in [-0.3, -0.25) is 24.3 Å². The second-order valence-corrected chi connectivity index (χ2v) is 5.07. The summed E-state index contributed by atoms with van der Waals surface area (Å²) in [4.78, 5) is 34.4. The highest BCUT2D eigenvalue weighted by atomic mass is 16.6. The number of amides is 1. The summed E-state index contributed by atoms with van der Waals surface area (Å²) in [5.41, 5.74) is 0.811. The highest BCUT2D eigenvalue weighted by molar-refractivity contribution is 5.91. The summed E-state index contributed by atoms with van der Waals surface area (Å²) in [6.07, 6.45) is 0.756. The number of aryl methyl sites for hydroxylation is 2. The number of carbonyl (C=O) groups is 1. The molecule has 0 radical (unpaired) electrons. The lowest BCUT2D eigenvalue weighted by atomic mass is 10.1. The molecule has 7 nitrogen and oxygen atoms in total. The highest BCUT2D eigenvalue weighted by Crippen LogP contribution is 2.15. The number of benzene rings is 1. The van der Waals surface area contributed by atoms with Crippen LogP contribution in [0.25, 0.3) is 0 Å². The van der Waals surface area contributed by atoms with Gasteiger partial charge in [-0.05, 0) is 31.0 Å². The molecule has 1 amide bonds. The average Bonchev–Trinajstić information content (AvgIpc) is 2.51. The van der Waals surface area contributed by atoms with Gasteiger partial charge in [-0.25, -0.2) is 0 Å². The van der Waals surface area contributed by atoms with E-state index in [1.165, 1.54) is 6.07 Å². The Kier molecular flexibility index (Phi) is 4.90. The predicted octanol–water partition coefficient (Wildman–Crippen LogP) is 2.27. The van der Waals surface area contributed by atoms with Crippen molar-refractivity contribution in [3.05, 3.63) is 68.1 Å². The van der Waals surface area contributed by atoms with E-state index in [1.54, 1.807) is 19.1 Å². The Bertz CT molecular complexity index is 811. The lowest BCUT2D eigenvalue weighted by Gasteiger charge is -2.12. The molecule has 1 aromatic carbocycles. The van der Waals surface area contributed by atoms with Gasteiger partial charge in [0.1, 0.15) is 6.54 Å². The molecule has 1 N–H and O–H groups in total. The first-order chi connectivity index (χ1) is 10.9. The maximum Gasteiger partial charge on any atom is 0.334 e. The number of para-hydroxylation sites is 1. The van der Waals surface area contributed by atoms with E-state index in [0.717, 1.165) is 22.6 Å². The van der Waals surface area contributed by atoms with Crippen LogP contribution < -0.4 is 10.9 Å². The highest BCUT2D eigenvalue weighted by Gasteiger charge is 2.17. The number of nitro groups is 1. The lowest BCUT2D eigenvalue weighted by molar-refractivity contribution is -0.386. The second-order valence-electron chi connectivity index (χ2n) is 5.07. The first kappa shape index (κ1) is 16.4. The minimum Gasteiger partial charge on any atom is -0.324 e. The molecule has 0 saturated carbocycles. The van der Waals surface area contributed by atoms with Crippen LogP contribution in [0.1, 0.15) is 18.2 Å². The first-order valence-electron chi connectivity index (χ1n) is 7.16. The number of hydrogen-bond acceptors (Lipinski definition) is 4. The second kappa shape index (κ2) is 6.87. The average molecular weight is 315 g/mol. The van der Waals surface area contributed by atoms with E-state index in [1.807, 2.05) is 19.1 Å². The lowest BCUT2D eigenvalue weighted by Crippen LogP contribution is -2.30.